The fraction of sp³-hybridized carbons (Fsp3) is 0.583. The molecular formula is C12H19N3O2. The maximum atomic E-state index is 11.0. The molecule has 5 heteroatoms. The van der Waals surface area contributed by atoms with E-state index in [1.54, 1.807) is 0 Å². The molecular weight excluding hydrogens is 218 g/mol. The largest absolute Gasteiger partial charge is 0.477 e. The number of nitrogens with zero attached hydrogens (tertiary/aromatic N) is 3. The monoisotopic (exact) mass is 237 g/mol. The molecule has 1 aromatic heterocycles. The van der Waals surface area contributed by atoms with Gasteiger partial charge < -0.3 is 10.0 Å². The van der Waals surface area contributed by atoms with E-state index in [0.29, 0.717) is 18.3 Å². The molecule has 0 aliphatic carbocycles. The van der Waals surface area contributed by atoms with Crippen molar-refractivity contribution >= 4 is 11.9 Å². The van der Waals surface area contributed by atoms with Crippen LogP contribution in [0, 0.1) is 5.92 Å². The van der Waals surface area contributed by atoms with Gasteiger partial charge in [0.15, 0.2) is 5.69 Å². The molecule has 1 aromatic rings. The third-order valence-corrected chi connectivity index (χ3v) is 2.33. The molecule has 0 saturated carbocycles. The molecule has 0 spiro atoms. The molecule has 0 atom stereocenters. The summed E-state index contributed by atoms with van der Waals surface area (Å²) in [5, 5.41) is 8.98. The summed E-state index contributed by atoms with van der Waals surface area (Å²) in [5.41, 5.74) is 0.811. The van der Waals surface area contributed by atoms with Crippen LogP contribution in [0.5, 0.6) is 0 Å². The third kappa shape index (κ3) is 3.69. The highest BCUT2D eigenvalue weighted by molar-refractivity contribution is 5.85. The zero-order chi connectivity index (χ0) is 13.0. The van der Waals surface area contributed by atoms with Crippen molar-refractivity contribution in [1.82, 2.24) is 9.97 Å². The Hall–Kier alpha value is -1.65. The Morgan fingerprint density at radius 1 is 1.47 bits per heavy atom. The lowest BCUT2D eigenvalue weighted by Crippen LogP contribution is -2.25. The van der Waals surface area contributed by atoms with Gasteiger partial charge in [0.2, 0.25) is 5.95 Å². The number of hydrogen-bond donors (Lipinski definition) is 1. The first-order chi connectivity index (χ1) is 7.93. The third-order valence-electron chi connectivity index (χ3n) is 2.33. The number of hydrogen-bond acceptors (Lipinski definition) is 4. The fourth-order valence-electron chi connectivity index (χ4n) is 1.57. The first-order valence-corrected chi connectivity index (χ1v) is 5.76. The Kier molecular flexibility index (Phi) is 4.43. The van der Waals surface area contributed by atoms with E-state index in [1.807, 2.05) is 18.9 Å². The first-order valence-electron chi connectivity index (χ1n) is 5.76. The van der Waals surface area contributed by atoms with Crippen LogP contribution in [0.25, 0.3) is 0 Å². The van der Waals surface area contributed by atoms with E-state index < -0.39 is 5.97 Å². The van der Waals surface area contributed by atoms with Crippen LogP contribution in [0.4, 0.5) is 5.95 Å². The summed E-state index contributed by atoms with van der Waals surface area (Å²) in [7, 11) is 1.88. The predicted octanol–water partition coefficient (Wildman–Crippen LogP) is 1.83. The van der Waals surface area contributed by atoms with E-state index in [2.05, 4.69) is 23.8 Å². The van der Waals surface area contributed by atoms with Gasteiger partial charge in [0.25, 0.3) is 0 Å². The van der Waals surface area contributed by atoms with Crippen molar-refractivity contribution in [2.45, 2.75) is 27.2 Å². The average molecular weight is 237 g/mol. The van der Waals surface area contributed by atoms with Crippen molar-refractivity contribution in [1.29, 1.82) is 0 Å². The van der Waals surface area contributed by atoms with Crippen LogP contribution in [-0.2, 0) is 6.42 Å². The molecule has 0 bridgehead atoms. The maximum absolute atomic E-state index is 11.0. The number of carboxylic acids is 1. The number of aromatic carboxylic acids is 1. The standard InChI is InChI=1S/C12H19N3O2/c1-5-9-6-10(11(16)17)14-12(13-9)15(4)7-8(2)3/h6,8H,5,7H2,1-4H3,(H,16,17). The summed E-state index contributed by atoms with van der Waals surface area (Å²) in [6.45, 7) is 6.93. The Bertz CT molecular complexity index is 405. The lowest BCUT2D eigenvalue weighted by atomic mass is 10.2. The summed E-state index contributed by atoms with van der Waals surface area (Å²) >= 11 is 0. The van der Waals surface area contributed by atoms with Gasteiger partial charge in [0.05, 0.1) is 0 Å². The van der Waals surface area contributed by atoms with Crippen LogP contribution in [0.3, 0.4) is 0 Å². The van der Waals surface area contributed by atoms with Crippen LogP contribution in [0.2, 0.25) is 0 Å². The molecule has 1 N–H and O–H groups in total. The van der Waals surface area contributed by atoms with E-state index in [4.69, 9.17) is 5.11 Å². The van der Waals surface area contributed by atoms with E-state index in [-0.39, 0.29) is 5.69 Å². The maximum Gasteiger partial charge on any atom is 0.354 e. The molecule has 94 valence electrons. The number of aryl methyl sites for hydroxylation is 1. The minimum Gasteiger partial charge on any atom is -0.477 e. The van der Waals surface area contributed by atoms with Gasteiger partial charge in [-0.25, -0.2) is 14.8 Å². The molecule has 0 aromatic carbocycles. The van der Waals surface area contributed by atoms with E-state index in [1.165, 1.54) is 6.07 Å². The molecule has 5 nitrogen and oxygen atoms in total. The predicted molar refractivity (Wildman–Crippen MR) is 66.5 cm³/mol. The second-order valence-electron chi connectivity index (χ2n) is 4.48. The molecule has 0 amide bonds. The number of carboxylic acid groups (broad SMARTS) is 1. The molecule has 1 rings (SSSR count). The van der Waals surface area contributed by atoms with Gasteiger partial charge in [-0.2, -0.15) is 0 Å². The second-order valence-corrected chi connectivity index (χ2v) is 4.48. The van der Waals surface area contributed by atoms with Gasteiger partial charge in [-0.05, 0) is 18.4 Å². The minimum atomic E-state index is -1.01. The lowest BCUT2D eigenvalue weighted by molar-refractivity contribution is 0.0690. The zero-order valence-electron chi connectivity index (χ0n) is 10.8. The lowest BCUT2D eigenvalue weighted by Gasteiger charge is -2.19. The quantitative estimate of drug-likeness (QED) is 0.846. The molecule has 1 heterocycles. The first kappa shape index (κ1) is 13.4. The summed E-state index contributed by atoms with van der Waals surface area (Å²) in [4.78, 5) is 21.2. The van der Waals surface area contributed by atoms with Gasteiger partial charge in [-0.3, -0.25) is 0 Å². The number of anilines is 1. The Balaban J connectivity index is 3.06. The molecule has 0 aliphatic rings. The Morgan fingerprint density at radius 3 is 2.59 bits per heavy atom. The highest BCUT2D eigenvalue weighted by atomic mass is 16.4. The number of rotatable bonds is 5. The highest BCUT2D eigenvalue weighted by Crippen LogP contribution is 2.11. The Morgan fingerprint density at radius 2 is 2.12 bits per heavy atom. The van der Waals surface area contributed by atoms with Gasteiger partial charge in [0.1, 0.15) is 0 Å². The molecule has 0 radical (unpaired) electrons. The zero-order valence-corrected chi connectivity index (χ0v) is 10.8. The van der Waals surface area contributed by atoms with Crippen LogP contribution in [0.1, 0.15) is 37.0 Å². The molecule has 17 heavy (non-hydrogen) atoms. The number of aromatic nitrogens is 2. The highest BCUT2D eigenvalue weighted by Gasteiger charge is 2.13. The van der Waals surface area contributed by atoms with Crippen LogP contribution >= 0.6 is 0 Å². The summed E-state index contributed by atoms with van der Waals surface area (Å²) in [6.07, 6.45) is 0.700. The van der Waals surface area contributed by atoms with E-state index in [0.717, 1.165) is 12.2 Å². The second kappa shape index (κ2) is 5.61. The van der Waals surface area contributed by atoms with E-state index in [9.17, 15) is 4.79 Å². The van der Waals surface area contributed by atoms with E-state index >= 15 is 0 Å². The van der Waals surface area contributed by atoms with Crippen molar-refractivity contribution in [2.24, 2.45) is 5.92 Å². The summed E-state index contributed by atoms with van der Waals surface area (Å²) in [5.74, 6) is -0.0566. The van der Waals surface area contributed by atoms with Crippen LogP contribution < -0.4 is 4.90 Å². The van der Waals surface area contributed by atoms with Crippen LogP contribution in [-0.4, -0.2) is 34.6 Å². The number of carbonyl (C=O) groups is 1. The molecule has 0 fully saturated rings. The molecule has 0 aliphatic heterocycles. The smallest absolute Gasteiger partial charge is 0.354 e. The van der Waals surface area contributed by atoms with Crippen LogP contribution in [0.15, 0.2) is 6.07 Å². The van der Waals surface area contributed by atoms with Crippen molar-refractivity contribution < 1.29 is 9.90 Å². The topological polar surface area (TPSA) is 66.3 Å². The Labute approximate surface area is 102 Å². The normalized spacial score (nSPS) is 10.6. The van der Waals surface area contributed by atoms with Crippen molar-refractivity contribution in [2.75, 3.05) is 18.5 Å². The minimum absolute atomic E-state index is 0.0578. The van der Waals surface area contributed by atoms with Crippen molar-refractivity contribution in [3.8, 4) is 0 Å². The summed E-state index contributed by atoms with van der Waals surface area (Å²) < 4.78 is 0. The van der Waals surface area contributed by atoms with Gasteiger partial charge in [-0.1, -0.05) is 20.8 Å². The van der Waals surface area contributed by atoms with Gasteiger partial charge >= 0.3 is 5.97 Å². The fourth-order valence-corrected chi connectivity index (χ4v) is 1.57. The van der Waals surface area contributed by atoms with Gasteiger partial charge in [-0.15, -0.1) is 0 Å². The van der Waals surface area contributed by atoms with Crippen molar-refractivity contribution in [3.05, 3.63) is 17.5 Å². The molecule has 0 saturated heterocycles. The molecule has 0 unspecified atom stereocenters. The van der Waals surface area contributed by atoms with Gasteiger partial charge in [0, 0.05) is 19.3 Å². The SMILES string of the molecule is CCc1cc(C(=O)O)nc(N(C)CC(C)C)n1. The average Bonchev–Trinajstić information content (AvgIpc) is 2.27. The van der Waals surface area contributed by atoms with Crippen molar-refractivity contribution in [3.63, 3.8) is 0 Å². The summed E-state index contributed by atoms with van der Waals surface area (Å²) in [6, 6.07) is 1.52.